The Kier molecular flexibility index (Phi) is 2.76. The van der Waals surface area contributed by atoms with Gasteiger partial charge < -0.3 is 5.32 Å². The molecule has 0 unspecified atom stereocenters. The average Bonchev–Trinajstić information content (AvgIpc) is 2.38. The summed E-state index contributed by atoms with van der Waals surface area (Å²) >= 11 is 0. The second-order valence-corrected chi connectivity index (χ2v) is 4.39. The van der Waals surface area contributed by atoms with Gasteiger partial charge in [0.15, 0.2) is 0 Å². The first-order chi connectivity index (χ1) is 9.22. The van der Waals surface area contributed by atoms with Crippen LogP contribution < -0.4 is 10.9 Å². The number of rotatable bonds is 2. The molecule has 0 fully saturated rings. The Morgan fingerprint density at radius 3 is 2.74 bits per heavy atom. The number of benzene rings is 2. The van der Waals surface area contributed by atoms with Crippen molar-refractivity contribution in [1.82, 2.24) is 9.97 Å². The zero-order chi connectivity index (χ0) is 13.2. The Morgan fingerprint density at radius 1 is 1.11 bits per heavy atom. The molecule has 0 amide bonds. The molecule has 4 nitrogen and oxygen atoms in total. The first kappa shape index (κ1) is 11.5. The van der Waals surface area contributed by atoms with Gasteiger partial charge in [-0.3, -0.25) is 9.78 Å². The maximum atomic E-state index is 11.4. The van der Waals surface area contributed by atoms with Crippen molar-refractivity contribution in [1.29, 1.82) is 0 Å². The summed E-state index contributed by atoms with van der Waals surface area (Å²) in [5.41, 5.74) is 1.45. The molecule has 1 aromatic heterocycles. The first-order valence-electron chi connectivity index (χ1n) is 6.05. The Balaban J connectivity index is 2.08. The summed E-state index contributed by atoms with van der Waals surface area (Å²) in [4.78, 5) is 18.4. The van der Waals surface area contributed by atoms with Crippen LogP contribution >= 0.6 is 0 Å². The summed E-state index contributed by atoms with van der Waals surface area (Å²) in [6.07, 6.45) is 0. The molecule has 0 atom stereocenters. The lowest BCUT2D eigenvalue weighted by molar-refractivity contribution is 1.07. The molecule has 94 valence electrons. The van der Waals surface area contributed by atoms with Gasteiger partial charge in [-0.05, 0) is 18.4 Å². The van der Waals surface area contributed by atoms with Crippen LogP contribution in [0.1, 0.15) is 5.69 Å². The van der Waals surface area contributed by atoms with Crippen molar-refractivity contribution < 1.29 is 0 Å². The first-order valence-corrected chi connectivity index (χ1v) is 6.05. The van der Waals surface area contributed by atoms with E-state index in [2.05, 4.69) is 15.3 Å². The van der Waals surface area contributed by atoms with E-state index in [1.807, 2.05) is 42.5 Å². The van der Waals surface area contributed by atoms with Gasteiger partial charge in [0.1, 0.15) is 0 Å². The molecule has 19 heavy (non-hydrogen) atoms. The molecule has 2 aromatic carbocycles. The maximum Gasteiger partial charge on any atom is 0.252 e. The lowest BCUT2D eigenvalue weighted by Gasteiger charge is -2.09. The molecule has 2 N–H and O–H groups in total. The number of aromatic amines is 1. The van der Waals surface area contributed by atoms with Crippen molar-refractivity contribution in [2.45, 2.75) is 6.92 Å². The molecule has 0 bridgehead atoms. The number of anilines is 2. The third kappa shape index (κ3) is 2.33. The molecule has 3 rings (SSSR count). The Hall–Kier alpha value is -2.62. The van der Waals surface area contributed by atoms with Crippen LogP contribution in [0.2, 0.25) is 0 Å². The number of fused-ring (bicyclic) bond motifs is 1. The van der Waals surface area contributed by atoms with E-state index in [0.717, 1.165) is 16.5 Å². The van der Waals surface area contributed by atoms with Crippen LogP contribution in [0.25, 0.3) is 10.8 Å². The number of H-pyrrole nitrogens is 1. The molecular weight excluding hydrogens is 238 g/mol. The molecule has 0 aliphatic carbocycles. The molecule has 0 aliphatic heterocycles. The van der Waals surface area contributed by atoms with Crippen LogP contribution in [0.4, 0.5) is 11.6 Å². The van der Waals surface area contributed by atoms with Crippen LogP contribution in [0, 0.1) is 6.92 Å². The highest BCUT2D eigenvalue weighted by molar-refractivity contribution is 5.94. The fourth-order valence-corrected chi connectivity index (χ4v) is 2.10. The molecular formula is C15H13N3O. The minimum atomic E-state index is -0.157. The van der Waals surface area contributed by atoms with Gasteiger partial charge in [0.25, 0.3) is 5.56 Å². The van der Waals surface area contributed by atoms with E-state index in [1.54, 1.807) is 6.92 Å². The van der Waals surface area contributed by atoms with E-state index in [0.29, 0.717) is 11.6 Å². The van der Waals surface area contributed by atoms with E-state index >= 15 is 0 Å². The molecule has 1 heterocycles. The summed E-state index contributed by atoms with van der Waals surface area (Å²) in [5.74, 6) is 0.460. The highest BCUT2D eigenvalue weighted by atomic mass is 16.1. The van der Waals surface area contributed by atoms with Gasteiger partial charge in [-0.1, -0.05) is 36.4 Å². The second kappa shape index (κ2) is 4.57. The fourth-order valence-electron chi connectivity index (χ4n) is 2.10. The van der Waals surface area contributed by atoms with Crippen molar-refractivity contribution in [2.24, 2.45) is 0 Å². The van der Waals surface area contributed by atoms with Crippen molar-refractivity contribution in [3.05, 3.63) is 64.6 Å². The van der Waals surface area contributed by atoms with E-state index in [-0.39, 0.29) is 5.56 Å². The number of hydrogen-bond donors (Lipinski definition) is 2. The maximum absolute atomic E-state index is 11.4. The van der Waals surface area contributed by atoms with E-state index in [9.17, 15) is 4.79 Å². The number of nitrogens with zero attached hydrogens (tertiary/aromatic N) is 1. The topological polar surface area (TPSA) is 57.8 Å². The summed E-state index contributed by atoms with van der Waals surface area (Å²) in [6.45, 7) is 1.80. The molecule has 3 aromatic rings. The van der Waals surface area contributed by atoms with Gasteiger partial charge in [-0.25, -0.2) is 4.98 Å². The normalized spacial score (nSPS) is 10.6. The van der Waals surface area contributed by atoms with Gasteiger partial charge in [-0.2, -0.15) is 0 Å². The van der Waals surface area contributed by atoms with Gasteiger partial charge in [-0.15, -0.1) is 0 Å². The summed E-state index contributed by atoms with van der Waals surface area (Å²) < 4.78 is 0. The minimum Gasteiger partial charge on any atom is -0.325 e. The smallest absolute Gasteiger partial charge is 0.252 e. The Labute approximate surface area is 110 Å². The minimum absolute atomic E-state index is 0.157. The zero-order valence-corrected chi connectivity index (χ0v) is 10.5. The summed E-state index contributed by atoms with van der Waals surface area (Å²) in [7, 11) is 0. The van der Waals surface area contributed by atoms with Crippen molar-refractivity contribution in [2.75, 3.05) is 5.32 Å². The summed E-state index contributed by atoms with van der Waals surface area (Å²) in [5, 5.41) is 5.39. The fraction of sp³-hybridized carbons (Fsp3) is 0.0667. The van der Waals surface area contributed by atoms with Crippen LogP contribution in [-0.2, 0) is 0 Å². The molecule has 0 aliphatic rings. The van der Waals surface area contributed by atoms with Crippen molar-refractivity contribution >= 4 is 22.4 Å². The van der Waals surface area contributed by atoms with Crippen LogP contribution in [-0.4, -0.2) is 9.97 Å². The number of aromatic nitrogens is 2. The highest BCUT2D eigenvalue weighted by Gasteiger charge is 2.02. The highest BCUT2D eigenvalue weighted by Crippen LogP contribution is 2.24. The van der Waals surface area contributed by atoms with E-state index in [4.69, 9.17) is 0 Å². The third-order valence-corrected chi connectivity index (χ3v) is 2.91. The number of aryl methyl sites for hydroxylation is 1. The molecule has 0 saturated carbocycles. The largest absolute Gasteiger partial charge is 0.325 e. The van der Waals surface area contributed by atoms with Crippen molar-refractivity contribution in [3.63, 3.8) is 0 Å². The molecule has 0 saturated heterocycles. The van der Waals surface area contributed by atoms with Gasteiger partial charge in [0.2, 0.25) is 5.95 Å². The second-order valence-electron chi connectivity index (χ2n) is 4.39. The van der Waals surface area contributed by atoms with Gasteiger partial charge in [0, 0.05) is 22.8 Å². The van der Waals surface area contributed by atoms with Crippen LogP contribution in [0.15, 0.2) is 53.3 Å². The zero-order valence-electron chi connectivity index (χ0n) is 10.5. The summed E-state index contributed by atoms with van der Waals surface area (Å²) in [6, 6.07) is 15.5. The molecule has 0 radical (unpaired) electrons. The Morgan fingerprint density at radius 2 is 1.89 bits per heavy atom. The van der Waals surface area contributed by atoms with Gasteiger partial charge in [0.05, 0.1) is 0 Å². The molecule has 0 spiro atoms. The monoisotopic (exact) mass is 251 g/mol. The predicted octanol–water partition coefficient (Wildman–Crippen LogP) is 2.98. The number of nitrogens with one attached hydrogen (secondary N) is 2. The third-order valence-electron chi connectivity index (χ3n) is 2.91. The lowest BCUT2D eigenvalue weighted by atomic mass is 10.1. The van der Waals surface area contributed by atoms with E-state index in [1.165, 1.54) is 6.07 Å². The molecule has 4 heteroatoms. The predicted molar refractivity (Wildman–Crippen MR) is 76.8 cm³/mol. The Bertz CT molecular complexity index is 787. The van der Waals surface area contributed by atoms with Gasteiger partial charge >= 0.3 is 0 Å². The lowest BCUT2D eigenvalue weighted by Crippen LogP contribution is -2.10. The standard InChI is InChI=1S/C15H13N3O/c1-10-9-14(19)18-15(16-10)17-13-8-4-6-11-5-2-3-7-12(11)13/h2-9H,1H3,(H2,16,17,18,19). The SMILES string of the molecule is Cc1cc(=O)[nH]c(Nc2cccc3ccccc23)n1. The van der Waals surface area contributed by atoms with Crippen LogP contribution in [0.3, 0.4) is 0 Å². The van der Waals surface area contributed by atoms with Crippen molar-refractivity contribution in [3.8, 4) is 0 Å². The average molecular weight is 251 g/mol. The van der Waals surface area contributed by atoms with Crippen LogP contribution in [0.5, 0.6) is 0 Å². The number of hydrogen-bond acceptors (Lipinski definition) is 3. The van der Waals surface area contributed by atoms with E-state index < -0.39 is 0 Å². The quantitative estimate of drug-likeness (QED) is 0.736.